The van der Waals surface area contributed by atoms with Crippen LogP contribution in [0.4, 0.5) is 4.39 Å². The number of aryl methyl sites for hydroxylation is 1. The molecule has 0 aliphatic carbocycles. The second-order valence-corrected chi connectivity index (χ2v) is 5.83. The Hall–Kier alpha value is -0.890. The predicted octanol–water partition coefficient (Wildman–Crippen LogP) is 4.13. The maximum Gasteiger partial charge on any atom is 0.126 e. The third-order valence-corrected chi connectivity index (χ3v) is 2.57. The summed E-state index contributed by atoms with van der Waals surface area (Å²) in [4.78, 5) is 0. The molecule has 0 saturated carbocycles. The molecular formula is C15H23FO. The molecule has 0 aliphatic heterocycles. The van der Waals surface area contributed by atoms with Crippen molar-refractivity contribution in [2.45, 2.75) is 46.6 Å². The Morgan fingerprint density at radius 3 is 2.53 bits per heavy atom. The van der Waals surface area contributed by atoms with E-state index in [9.17, 15) is 4.39 Å². The standard InChI is InChI=1S/C15H23FO/c1-11-6-7-14(16)13(8-11)9-12(2)10-17-15(3,4)5/h6-8,12H,9-10H2,1-5H3/t12-/m0/s1. The molecule has 1 atom stereocenters. The Balaban J connectivity index is 2.56. The van der Waals surface area contributed by atoms with E-state index in [1.165, 1.54) is 0 Å². The van der Waals surface area contributed by atoms with Gasteiger partial charge in [0.15, 0.2) is 0 Å². The van der Waals surface area contributed by atoms with Crippen molar-refractivity contribution in [1.29, 1.82) is 0 Å². The van der Waals surface area contributed by atoms with Crippen LogP contribution >= 0.6 is 0 Å². The van der Waals surface area contributed by atoms with Crippen LogP contribution in [0.2, 0.25) is 0 Å². The van der Waals surface area contributed by atoms with Crippen molar-refractivity contribution < 1.29 is 9.13 Å². The van der Waals surface area contributed by atoms with Crippen LogP contribution in [0.5, 0.6) is 0 Å². The van der Waals surface area contributed by atoms with Gasteiger partial charge in [-0.3, -0.25) is 0 Å². The molecule has 96 valence electrons. The van der Waals surface area contributed by atoms with Gasteiger partial charge in [0.25, 0.3) is 0 Å². The van der Waals surface area contributed by atoms with E-state index in [-0.39, 0.29) is 11.4 Å². The van der Waals surface area contributed by atoms with Gasteiger partial charge < -0.3 is 4.74 Å². The van der Waals surface area contributed by atoms with E-state index < -0.39 is 0 Å². The minimum Gasteiger partial charge on any atom is -0.376 e. The molecule has 1 rings (SSSR count). The summed E-state index contributed by atoms with van der Waals surface area (Å²) >= 11 is 0. The quantitative estimate of drug-likeness (QED) is 0.766. The lowest BCUT2D eigenvalue weighted by molar-refractivity contribution is -0.0194. The number of ether oxygens (including phenoxy) is 1. The van der Waals surface area contributed by atoms with Gasteiger partial charge in [-0.2, -0.15) is 0 Å². The Morgan fingerprint density at radius 1 is 1.29 bits per heavy atom. The van der Waals surface area contributed by atoms with Crippen LogP contribution in [0.3, 0.4) is 0 Å². The Bertz CT molecular complexity index is 366. The lowest BCUT2D eigenvalue weighted by Crippen LogP contribution is -2.23. The van der Waals surface area contributed by atoms with Crippen molar-refractivity contribution in [1.82, 2.24) is 0 Å². The van der Waals surface area contributed by atoms with E-state index in [1.807, 2.05) is 33.8 Å². The highest BCUT2D eigenvalue weighted by Gasteiger charge is 2.14. The predicted molar refractivity (Wildman–Crippen MR) is 69.7 cm³/mol. The zero-order valence-electron chi connectivity index (χ0n) is 11.5. The van der Waals surface area contributed by atoms with Gasteiger partial charge in [-0.25, -0.2) is 4.39 Å². The number of hydrogen-bond acceptors (Lipinski definition) is 1. The van der Waals surface area contributed by atoms with Gasteiger partial charge in [-0.15, -0.1) is 0 Å². The lowest BCUT2D eigenvalue weighted by Gasteiger charge is -2.22. The van der Waals surface area contributed by atoms with Crippen molar-refractivity contribution in [2.75, 3.05) is 6.61 Å². The summed E-state index contributed by atoms with van der Waals surface area (Å²) in [5, 5.41) is 0. The fraction of sp³-hybridized carbons (Fsp3) is 0.600. The minimum absolute atomic E-state index is 0.113. The normalized spacial score (nSPS) is 13.8. The molecular weight excluding hydrogens is 215 g/mol. The van der Waals surface area contributed by atoms with Crippen molar-refractivity contribution >= 4 is 0 Å². The van der Waals surface area contributed by atoms with E-state index >= 15 is 0 Å². The zero-order chi connectivity index (χ0) is 13.1. The average Bonchev–Trinajstić information content (AvgIpc) is 2.20. The molecule has 0 saturated heterocycles. The topological polar surface area (TPSA) is 9.23 Å². The molecule has 0 spiro atoms. The molecule has 0 bridgehead atoms. The second-order valence-electron chi connectivity index (χ2n) is 5.83. The number of rotatable bonds is 4. The first-order valence-electron chi connectivity index (χ1n) is 6.17. The fourth-order valence-electron chi connectivity index (χ4n) is 1.69. The summed E-state index contributed by atoms with van der Waals surface area (Å²) in [7, 11) is 0. The van der Waals surface area contributed by atoms with Crippen molar-refractivity contribution in [3.05, 3.63) is 35.1 Å². The summed E-state index contributed by atoms with van der Waals surface area (Å²) in [6.07, 6.45) is 0.726. The molecule has 0 N–H and O–H groups in total. The van der Waals surface area contributed by atoms with Gasteiger partial charge >= 0.3 is 0 Å². The largest absolute Gasteiger partial charge is 0.376 e. The Morgan fingerprint density at radius 2 is 1.94 bits per heavy atom. The van der Waals surface area contributed by atoms with Crippen molar-refractivity contribution in [3.63, 3.8) is 0 Å². The molecule has 1 nitrogen and oxygen atoms in total. The molecule has 0 fully saturated rings. The van der Waals surface area contributed by atoms with Gasteiger partial charge in [0.2, 0.25) is 0 Å². The average molecular weight is 238 g/mol. The van der Waals surface area contributed by atoms with E-state index in [0.29, 0.717) is 12.5 Å². The number of benzene rings is 1. The summed E-state index contributed by atoms with van der Waals surface area (Å²) in [6.45, 7) is 10.8. The third kappa shape index (κ3) is 5.31. The Labute approximate surface area is 104 Å². The van der Waals surface area contributed by atoms with Crippen LogP contribution < -0.4 is 0 Å². The lowest BCUT2D eigenvalue weighted by atomic mass is 9.99. The van der Waals surface area contributed by atoms with E-state index in [2.05, 4.69) is 6.92 Å². The fourth-order valence-corrected chi connectivity index (χ4v) is 1.69. The van der Waals surface area contributed by atoms with Crippen molar-refractivity contribution in [2.24, 2.45) is 5.92 Å². The molecule has 0 radical (unpaired) electrons. The first kappa shape index (κ1) is 14.2. The second kappa shape index (κ2) is 5.63. The van der Waals surface area contributed by atoms with Crippen LogP contribution in [0.25, 0.3) is 0 Å². The van der Waals surface area contributed by atoms with Gasteiger partial charge in [0.05, 0.1) is 12.2 Å². The third-order valence-electron chi connectivity index (χ3n) is 2.57. The highest BCUT2D eigenvalue weighted by atomic mass is 19.1. The van der Waals surface area contributed by atoms with E-state index in [4.69, 9.17) is 4.74 Å². The van der Waals surface area contributed by atoms with Crippen LogP contribution in [-0.4, -0.2) is 12.2 Å². The van der Waals surface area contributed by atoms with Crippen LogP contribution in [0.15, 0.2) is 18.2 Å². The van der Waals surface area contributed by atoms with Crippen LogP contribution in [0, 0.1) is 18.7 Å². The van der Waals surface area contributed by atoms with Crippen LogP contribution in [-0.2, 0) is 11.2 Å². The van der Waals surface area contributed by atoms with E-state index in [1.54, 1.807) is 12.1 Å². The first-order valence-corrected chi connectivity index (χ1v) is 6.17. The maximum atomic E-state index is 13.6. The molecule has 0 amide bonds. The molecule has 1 aromatic carbocycles. The summed E-state index contributed by atoms with van der Waals surface area (Å²) in [6, 6.07) is 5.26. The maximum absolute atomic E-state index is 13.6. The highest BCUT2D eigenvalue weighted by molar-refractivity contribution is 5.24. The Kier molecular flexibility index (Phi) is 4.70. The van der Waals surface area contributed by atoms with Crippen LogP contribution in [0.1, 0.15) is 38.8 Å². The SMILES string of the molecule is Cc1ccc(F)c(C[C@H](C)COC(C)(C)C)c1. The molecule has 0 unspecified atom stereocenters. The summed E-state index contributed by atoms with van der Waals surface area (Å²) < 4.78 is 19.3. The summed E-state index contributed by atoms with van der Waals surface area (Å²) in [5.74, 6) is 0.212. The van der Waals surface area contributed by atoms with Gasteiger partial charge in [-0.1, -0.05) is 24.6 Å². The van der Waals surface area contributed by atoms with Crippen molar-refractivity contribution in [3.8, 4) is 0 Å². The monoisotopic (exact) mass is 238 g/mol. The highest BCUT2D eigenvalue weighted by Crippen LogP contribution is 2.17. The van der Waals surface area contributed by atoms with Gasteiger partial charge in [-0.05, 0) is 51.7 Å². The van der Waals surface area contributed by atoms with E-state index in [0.717, 1.165) is 17.5 Å². The molecule has 2 heteroatoms. The molecule has 1 aromatic rings. The molecule has 0 aromatic heterocycles. The smallest absolute Gasteiger partial charge is 0.126 e. The molecule has 0 aliphatic rings. The zero-order valence-corrected chi connectivity index (χ0v) is 11.5. The van der Waals surface area contributed by atoms with Gasteiger partial charge in [0, 0.05) is 0 Å². The van der Waals surface area contributed by atoms with Gasteiger partial charge in [0.1, 0.15) is 5.82 Å². The minimum atomic E-state index is -0.126. The summed E-state index contributed by atoms with van der Waals surface area (Å²) in [5.41, 5.74) is 1.76. The first-order chi connectivity index (χ1) is 7.78. The number of hydrogen-bond donors (Lipinski definition) is 0. The number of halogens is 1. The molecule has 0 heterocycles. The molecule has 17 heavy (non-hydrogen) atoms.